The SMILES string of the molecule is COCCN1CCC(OC)(c2nc(-c3ccccn3)no2)CC1. The van der Waals surface area contributed by atoms with E-state index in [9.17, 15) is 0 Å². The smallest absolute Gasteiger partial charge is 0.259 e. The zero-order valence-electron chi connectivity index (χ0n) is 13.6. The number of hydrogen-bond acceptors (Lipinski definition) is 7. The summed E-state index contributed by atoms with van der Waals surface area (Å²) in [7, 11) is 3.43. The summed E-state index contributed by atoms with van der Waals surface area (Å²) in [5.41, 5.74) is 0.190. The Morgan fingerprint density at radius 3 is 2.74 bits per heavy atom. The van der Waals surface area contributed by atoms with Gasteiger partial charge in [-0.3, -0.25) is 4.98 Å². The summed E-state index contributed by atoms with van der Waals surface area (Å²) in [6, 6.07) is 5.62. The Kier molecular flexibility index (Phi) is 5.00. The molecule has 2 aromatic rings. The van der Waals surface area contributed by atoms with Crippen molar-refractivity contribution in [3.8, 4) is 11.5 Å². The lowest BCUT2D eigenvalue weighted by molar-refractivity contribution is -0.0843. The average molecular weight is 318 g/mol. The molecular weight excluding hydrogens is 296 g/mol. The van der Waals surface area contributed by atoms with E-state index in [4.69, 9.17) is 14.0 Å². The molecule has 0 unspecified atom stereocenters. The number of rotatable bonds is 6. The van der Waals surface area contributed by atoms with Crippen molar-refractivity contribution in [2.45, 2.75) is 18.4 Å². The van der Waals surface area contributed by atoms with Crippen molar-refractivity contribution >= 4 is 0 Å². The molecule has 1 saturated heterocycles. The molecule has 0 atom stereocenters. The van der Waals surface area contributed by atoms with Gasteiger partial charge in [0.1, 0.15) is 11.3 Å². The third-order valence-corrected chi connectivity index (χ3v) is 4.38. The molecular formula is C16H22N4O3. The molecule has 0 amide bonds. The normalized spacial score (nSPS) is 18.2. The summed E-state index contributed by atoms with van der Waals surface area (Å²) in [6.45, 7) is 3.50. The molecule has 1 aliphatic heterocycles. The van der Waals surface area contributed by atoms with Gasteiger partial charge in [0.05, 0.1) is 6.61 Å². The van der Waals surface area contributed by atoms with Crippen LogP contribution >= 0.6 is 0 Å². The minimum Gasteiger partial charge on any atom is -0.383 e. The van der Waals surface area contributed by atoms with E-state index in [-0.39, 0.29) is 0 Å². The van der Waals surface area contributed by atoms with Gasteiger partial charge in [-0.2, -0.15) is 4.98 Å². The van der Waals surface area contributed by atoms with E-state index in [1.54, 1.807) is 20.4 Å². The molecule has 0 radical (unpaired) electrons. The second-order valence-corrected chi connectivity index (χ2v) is 5.67. The predicted molar refractivity (Wildman–Crippen MR) is 83.8 cm³/mol. The van der Waals surface area contributed by atoms with Crippen LogP contribution in [-0.4, -0.2) is 60.5 Å². The maximum atomic E-state index is 5.79. The number of methoxy groups -OCH3 is 2. The van der Waals surface area contributed by atoms with Crippen molar-refractivity contribution in [2.24, 2.45) is 0 Å². The zero-order valence-corrected chi connectivity index (χ0v) is 13.6. The van der Waals surface area contributed by atoms with Crippen LogP contribution in [0.3, 0.4) is 0 Å². The van der Waals surface area contributed by atoms with E-state index in [2.05, 4.69) is 20.0 Å². The Bertz CT molecular complexity index is 609. The zero-order chi connectivity index (χ0) is 16.1. The quantitative estimate of drug-likeness (QED) is 0.802. The second-order valence-electron chi connectivity index (χ2n) is 5.67. The minimum absolute atomic E-state index is 0.499. The predicted octanol–water partition coefficient (Wildman–Crippen LogP) is 1.72. The minimum atomic E-state index is -0.510. The summed E-state index contributed by atoms with van der Waals surface area (Å²) in [6.07, 6.45) is 3.35. The molecule has 0 N–H and O–H groups in total. The average Bonchev–Trinajstić information content (AvgIpc) is 3.12. The van der Waals surface area contributed by atoms with Gasteiger partial charge in [0, 0.05) is 40.1 Å². The van der Waals surface area contributed by atoms with Crippen LogP contribution in [0.2, 0.25) is 0 Å². The first-order valence-corrected chi connectivity index (χ1v) is 7.79. The number of hydrogen-bond donors (Lipinski definition) is 0. The molecule has 23 heavy (non-hydrogen) atoms. The van der Waals surface area contributed by atoms with Gasteiger partial charge in [0.2, 0.25) is 5.82 Å². The van der Waals surface area contributed by atoms with Gasteiger partial charge in [-0.15, -0.1) is 0 Å². The van der Waals surface area contributed by atoms with Gasteiger partial charge in [0.25, 0.3) is 5.89 Å². The summed E-state index contributed by atoms with van der Waals surface area (Å²) in [5.74, 6) is 1.03. The number of ether oxygens (including phenoxy) is 2. The van der Waals surface area contributed by atoms with Crippen molar-refractivity contribution in [3.05, 3.63) is 30.3 Å². The fourth-order valence-electron chi connectivity index (χ4n) is 2.87. The van der Waals surface area contributed by atoms with E-state index >= 15 is 0 Å². The molecule has 2 aromatic heterocycles. The molecule has 7 heteroatoms. The maximum absolute atomic E-state index is 5.79. The Hall–Kier alpha value is -1.83. The van der Waals surface area contributed by atoms with Crippen molar-refractivity contribution in [2.75, 3.05) is 40.5 Å². The first kappa shape index (κ1) is 16.0. The van der Waals surface area contributed by atoms with E-state index in [0.29, 0.717) is 17.4 Å². The lowest BCUT2D eigenvalue weighted by Gasteiger charge is -2.38. The summed E-state index contributed by atoms with van der Waals surface area (Å²) < 4.78 is 16.4. The Morgan fingerprint density at radius 1 is 1.26 bits per heavy atom. The van der Waals surface area contributed by atoms with Gasteiger partial charge < -0.3 is 18.9 Å². The van der Waals surface area contributed by atoms with E-state index < -0.39 is 5.60 Å². The first-order valence-electron chi connectivity index (χ1n) is 7.79. The fourth-order valence-corrected chi connectivity index (χ4v) is 2.87. The number of aromatic nitrogens is 3. The summed E-state index contributed by atoms with van der Waals surface area (Å²) in [4.78, 5) is 11.1. The fraction of sp³-hybridized carbons (Fsp3) is 0.562. The van der Waals surface area contributed by atoms with Gasteiger partial charge in [-0.1, -0.05) is 11.2 Å². The first-order chi connectivity index (χ1) is 11.3. The van der Waals surface area contributed by atoms with Crippen molar-refractivity contribution < 1.29 is 14.0 Å². The van der Waals surface area contributed by atoms with Crippen molar-refractivity contribution in [3.63, 3.8) is 0 Å². The molecule has 3 heterocycles. The van der Waals surface area contributed by atoms with Crippen LogP contribution in [0.5, 0.6) is 0 Å². The largest absolute Gasteiger partial charge is 0.383 e. The molecule has 0 saturated carbocycles. The van der Waals surface area contributed by atoms with E-state index in [1.165, 1.54) is 0 Å². The van der Waals surface area contributed by atoms with Crippen LogP contribution in [0.15, 0.2) is 28.9 Å². The van der Waals surface area contributed by atoms with Crippen LogP contribution in [-0.2, 0) is 15.1 Å². The van der Waals surface area contributed by atoms with Crippen LogP contribution < -0.4 is 0 Å². The monoisotopic (exact) mass is 318 g/mol. The second kappa shape index (κ2) is 7.16. The van der Waals surface area contributed by atoms with Crippen LogP contribution in [0.25, 0.3) is 11.5 Å². The molecule has 1 fully saturated rings. The van der Waals surface area contributed by atoms with Gasteiger partial charge in [-0.25, -0.2) is 0 Å². The highest BCUT2D eigenvalue weighted by Crippen LogP contribution is 2.35. The topological polar surface area (TPSA) is 73.5 Å². The summed E-state index contributed by atoms with van der Waals surface area (Å²) in [5, 5.41) is 4.06. The Balaban J connectivity index is 1.73. The van der Waals surface area contributed by atoms with Crippen LogP contribution in [0, 0.1) is 0 Å². The van der Waals surface area contributed by atoms with Crippen molar-refractivity contribution in [1.82, 2.24) is 20.0 Å². The summed E-state index contributed by atoms with van der Waals surface area (Å²) >= 11 is 0. The van der Waals surface area contributed by atoms with E-state index in [1.807, 2.05) is 18.2 Å². The number of likely N-dealkylation sites (tertiary alicyclic amines) is 1. The van der Waals surface area contributed by atoms with Gasteiger partial charge in [-0.05, 0) is 25.0 Å². The number of pyridine rings is 1. The molecule has 7 nitrogen and oxygen atoms in total. The Morgan fingerprint density at radius 2 is 2.09 bits per heavy atom. The third-order valence-electron chi connectivity index (χ3n) is 4.38. The van der Waals surface area contributed by atoms with Crippen LogP contribution in [0.1, 0.15) is 18.7 Å². The number of piperidine rings is 1. The molecule has 0 spiro atoms. The lowest BCUT2D eigenvalue weighted by Crippen LogP contribution is -2.44. The molecule has 0 aliphatic carbocycles. The molecule has 3 rings (SSSR count). The maximum Gasteiger partial charge on any atom is 0.259 e. The Labute approximate surface area is 135 Å². The molecule has 0 aromatic carbocycles. The number of nitrogens with zero attached hydrogens (tertiary/aromatic N) is 4. The van der Waals surface area contributed by atoms with Crippen molar-refractivity contribution in [1.29, 1.82) is 0 Å². The molecule has 124 valence electrons. The van der Waals surface area contributed by atoms with Crippen LogP contribution in [0.4, 0.5) is 0 Å². The highest BCUT2D eigenvalue weighted by molar-refractivity contribution is 5.47. The van der Waals surface area contributed by atoms with E-state index in [0.717, 1.165) is 39.1 Å². The highest BCUT2D eigenvalue weighted by atomic mass is 16.5. The molecule has 0 bridgehead atoms. The standard InChI is InChI=1S/C16H22N4O3/c1-21-12-11-20-9-6-16(22-2,7-10-20)15-18-14(19-23-15)13-5-3-4-8-17-13/h3-5,8H,6-7,9-12H2,1-2H3. The molecule has 1 aliphatic rings. The van der Waals surface area contributed by atoms with Gasteiger partial charge >= 0.3 is 0 Å². The highest BCUT2D eigenvalue weighted by Gasteiger charge is 2.41. The van der Waals surface area contributed by atoms with Gasteiger partial charge in [0.15, 0.2) is 0 Å². The lowest BCUT2D eigenvalue weighted by atomic mass is 9.91. The third kappa shape index (κ3) is 3.41.